The van der Waals surface area contributed by atoms with Gasteiger partial charge in [-0.2, -0.15) is 0 Å². The topological polar surface area (TPSA) is 58.0 Å². The van der Waals surface area contributed by atoms with E-state index < -0.39 is 0 Å². The zero-order valence-electron chi connectivity index (χ0n) is 15.7. The van der Waals surface area contributed by atoms with Crippen molar-refractivity contribution >= 4 is 0 Å². The van der Waals surface area contributed by atoms with Crippen LogP contribution in [-0.4, -0.2) is 26.6 Å². The molecule has 1 atom stereocenters. The second-order valence-corrected chi connectivity index (χ2v) is 7.36. The fourth-order valence-electron chi connectivity index (χ4n) is 3.68. The number of nitrogens with zero attached hydrogens (tertiary/aromatic N) is 3. The van der Waals surface area contributed by atoms with Crippen molar-refractivity contribution in [3.05, 3.63) is 70.6 Å². The number of benzene rings is 1. The highest BCUT2D eigenvalue weighted by Gasteiger charge is 2.31. The molecule has 1 aliphatic heterocycles. The maximum absolute atomic E-state index is 5.60. The minimum Gasteiger partial charge on any atom is -0.360 e. The Bertz CT molecular complexity index is 862. The van der Waals surface area contributed by atoms with Crippen molar-refractivity contribution in [2.24, 2.45) is 0 Å². The predicted molar refractivity (Wildman–Crippen MR) is 101 cm³/mol. The van der Waals surface area contributed by atoms with Gasteiger partial charge < -0.3 is 9.51 Å². The highest BCUT2D eigenvalue weighted by molar-refractivity contribution is 5.34. The maximum Gasteiger partial charge on any atom is 0.151 e. The van der Waals surface area contributed by atoms with E-state index in [9.17, 15) is 0 Å². The molecule has 5 heteroatoms. The summed E-state index contributed by atoms with van der Waals surface area (Å²) >= 11 is 0. The number of hydrogen-bond donors (Lipinski definition) is 1. The molecule has 26 heavy (non-hydrogen) atoms. The summed E-state index contributed by atoms with van der Waals surface area (Å²) < 4.78 is 5.60. The molecule has 3 aromatic rings. The van der Waals surface area contributed by atoms with Crippen molar-refractivity contribution in [3.8, 4) is 0 Å². The Hall–Kier alpha value is -2.40. The fourth-order valence-corrected chi connectivity index (χ4v) is 3.68. The minimum absolute atomic E-state index is 0.142. The molecule has 0 saturated carbocycles. The van der Waals surface area contributed by atoms with Crippen LogP contribution in [0.25, 0.3) is 0 Å². The first kappa shape index (κ1) is 17.0. The lowest BCUT2D eigenvalue weighted by Gasteiger charge is -2.34. The van der Waals surface area contributed by atoms with Crippen LogP contribution in [0.4, 0.5) is 0 Å². The van der Waals surface area contributed by atoms with E-state index in [2.05, 4.69) is 71.1 Å². The molecule has 1 unspecified atom stereocenters. The normalized spacial score (nSPS) is 17.6. The van der Waals surface area contributed by atoms with E-state index in [4.69, 9.17) is 4.52 Å². The molecule has 4 rings (SSSR count). The van der Waals surface area contributed by atoms with Crippen molar-refractivity contribution in [1.82, 2.24) is 20.0 Å². The molecule has 0 bridgehead atoms. The summed E-state index contributed by atoms with van der Waals surface area (Å²) in [6.45, 7) is 8.16. The fraction of sp³-hybridized carbons (Fsp3) is 0.429. The number of hydrogen-bond acceptors (Lipinski definition) is 4. The molecule has 1 N–H and O–H groups in total. The average Bonchev–Trinajstić information content (AvgIpc) is 3.31. The van der Waals surface area contributed by atoms with Crippen molar-refractivity contribution < 1.29 is 4.52 Å². The second-order valence-electron chi connectivity index (χ2n) is 7.36. The zero-order chi connectivity index (χ0) is 18.1. The summed E-state index contributed by atoms with van der Waals surface area (Å²) in [5, 5.41) is 4.21. The molecule has 2 aromatic heterocycles. The Morgan fingerprint density at radius 3 is 2.77 bits per heavy atom. The number of aromatic nitrogens is 3. The number of imidazole rings is 1. The molecular formula is C21H26N4O. The van der Waals surface area contributed by atoms with Crippen LogP contribution in [0.3, 0.4) is 0 Å². The van der Waals surface area contributed by atoms with Gasteiger partial charge in [0, 0.05) is 24.7 Å². The molecule has 1 aromatic carbocycles. The third-order valence-electron chi connectivity index (χ3n) is 5.26. The van der Waals surface area contributed by atoms with Gasteiger partial charge in [0.1, 0.15) is 0 Å². The van der Waals surface area contributed by atoms with Gasteiger partial charge in [-0.15, -0.1) is 0 Å². The van der Waals surface area contributed by atoms with Crippen LogP contribution in [-0.2, 0) is 19.4 Å². The molecule has 1 aliphatic rings. The van der Waals surface area contributed by atoms with E-state index >= 15 is 0 Å². The Labute approximate surface area is 154 Å². The number of rotatable bonds is 5. The first-order valence-electron chi connectivity index (χ1n) is 9.46. The van der Waals surface area contributed by atoms with Crippen molar-refractivity contribution in [3.63, 3.8) is 0 Å². The monoisotopic (exact) mass is 350 g/mol. The largest absolute Gasteiger partial charge is 0.360 e. The summed E-state index contributed by atoms with van der Waals surface area (Å²) in [7, 11) is 0. The van der Waals surface area contributed by atoms with Crippen LogP contribution in [0, 0.1) is 0 Å². The molecular weight excluding hydrogens is 324 g/mol. The number of aromatic amines is 1. The van der Waals surface area contributed by atoms with Crippen molar-refractivity contribution in [2.45, 2.75) is 52.1 Å². The first-order valence-corrected chi connectivity index (χ1v) is 9.46. The van der Waals surface area contributed by atoms with E-state index in [-0.39, 0.29) is 6.04 Å². The molecule has 0 radical (unpaired) electrons. The quantitative estimate of drug-likeness (QED) is 0.748. The Balaban J connectivity index is 1.65. The molecule has 0 aliphatic carbocycles. The molecule has 3 heterocycles. The molecule has 0 amide bonds. The summed E-state index contributed by atoms with van der Waals surface area (Å²) in [5.41, 5.74) is 6.02. The summed E-state index contributed by atoms with van der Waals surface area (Å²) in [6.07, 6.45) is 3.84. The zero-order valence-corrected chi connectivity index (χ0v) is 15.7. The summed E-state index contributed by atoms with van der Waals surface area (Å²) in [6, 6.07) is 11.1. The number of nitrogens with one attached hydrogen (secondary N) is 1. The van der Waals surface area contributed by atoms with Gasteiger partial charge in [-0.1, -0.05) is 50.2 Å². The third kappa shape index (κ3) is 3.19. The molecule has 0 spiro atoms. The van der Waals surface area contributed by atoms with Crippen molar-refractivity contribution in [1.29, 1.82) is 0 Å². The lowest BCUT2D eigenvalue weighted by atomic mass is 9.94. The summed E-state index contributed by atoms with van der Waals surface area (Å²) in [4.78, 5) is 10.4. The van der Waals surface area contributed by atoms with E-state index in [1.807, 2.05) is 6.33 Å². The van der Waals surface area contributed by atoms with Crippen LogP contribution in [0.15, 0.2) is 41.2 Å². The first-order chi connectivity index (χ1) is 12.7. The highest BCUT2D eigenvalue weighted by atomic mass is 16.5. The lowest BCUT2D eigenvalue weighted by molar-refractivity contribution is 0.178. The standard InChI is InChI=1S/C21H26N4O/c1-4-15-5-7-16(8-6-15)21-20-18(22-13-23-20)9-10-25(21)12-17-11-19(14(2)3)24-26-17/h5-8,11,13-14,21H,4,9-10,12H2,1-3H3,(H,22,23). The number of aryl methyl sites for hydroxylation is 1. The lowest BCUT2D eigenvalue weighted by Crippen LogP contribution is -2.35. The van der Waals surface area contributed by atoms with Crippen molar-refractivity contribution in [2.75, 3.05) is 6.54 Å². The number of fused-ring (bicyclic) bond motifs is 1. The minimum atomic E-state index is 0.142. The predicted octanol–water partition coefficient (Wildman–Crippen LogP) is 4.23. The Kier molecular flexibility index (Phi) is 4.64. The third-order valence-corrected chi connectivity index (χ3v) is 5.26. The van der Waals surface area contributed by atoms with Gasteiger partial charge in [0.25, 0.3) is 0 Å². The second kappa shape index (κ2) is 7.08. The Morgan fingerprint density at radius 2 is 2.08 bits per heavy atom. The SMILES string of the molecule is CCc1ccc(C2c3nc[nH]c3CCN2Cc2cc(C(C)C)no2)cc1. The van der Waals surface area contributed by atoms with Gasteiger partial charge in [0.05, 0.1) is 30.3 Å². The average molecular weight is 350 g/mol. The van der Waals surface area contributed by atoms with Gasteiger partial charge in [-0.3, -0.25) is 4.90 Å². The van der Waals surface area contributed by atoms with E-state index in [1.165, 1.54) is 16.8 Å². The van der Waals surface area contributed by atoms with Crippen LogP contribution in [0.1, 0.15) is 66.7 Å². The Morgan fingerprint density at radius 1 is 1.27 bits per heavy atom. The molecule has 136 valence electrons. The molecule has 0 saturated heterocycles. The molecule has 0 fully saturated rings. The summed E-state index contributed by atoms with van der Waals surface area (Å²) in [5.74, 6) is 1.30. The highest BCUT2D eigenvalue weighted by Crippen LogP contribution is 2.34. The van der Waals surface area contributed by atoms with E-state index in [0.717, 1.165) is 43.1 Å². The number of H-pyrrole nitrogens is 1. The van der Waals surface area contributed by atoms with Gasteiger partial charge in [0.15, 0.2) is 5.76 Å². The van der Waals surface area contributed by atoms with Gasteiger partial charge in [-0.25, -0.2) is 4.98 Å². The van der Waals surface area contributed by atoms with Crippen LogP contribution in [0.5, 0.6) is 0 Å². The van der Waals surface area contributed by atoms with Crippen LogP contribution >= 0.6 is 0 Å². The van der Waals surface area contributed by atoms with Gasteiger partial charge >= 0.3 is 0 Å². The van der Waals surface area contributed by atoms with Gasteiger partial charge in [0.2, 0.25) is 0 Å². The maximum atomic E-state index is 5.60. The van der Waals surface area contributed by atoms with Crippen LogP contribution < -0.4 is 0 Å². The smallest absolute Gasteiger partial charge is 0.151 e. The van der Waals surface area contributed by atoms with Gasteiger partial charge in [-0.05, 0) is 23.5 Å². The molecule has 5 nitrogen and oxygen atoms in total. The van der Waals surface area contributed by atoms with Crippen LogP contribution in [0.2, 0.25) is 0 Å². The van der Waals surface area contributed by atoms with E-state index in [0.29, 0.717) is 5.92 Å². The van der Waals surface area contributed by atoms with E-state index in [1.54, 1.807) is 0 Å².